The molecule has 0 spiro atoms. The maximum absolute atomic E-state index is 5.46. The molecule has 0 aromatic carbocycles. The van der Waals surface area contributed by atoms with Crippen molar-refractivity contribution in [1.82, 2.24) is 9.80 Å². The summed E-state index contributed by atoms with van der Waals surface area (Å²) in [5.41, 5.74) is 0.364. The Bertz CT molecular complexity index is 244. The molecule has 0 N–H and O–H groups in total. The SMILES string of the molecule is COCC12CCCN1CC(N(C)C(C)C)C2. The van der Waals surface area contributed by atoms with Crippen molar-refractivity contribution >= 4 is 0 Å². The normalized spacial score (nSPS) is 35.2. The lowest BCUT2D eigenvalue weighted by atomic mass is 9.93. The van der Waals surface area contributed by atoms with E-state index in [0.29, 0.717) is 11.6 Å². The molecule has 2 atom stereocenters. The van der Waals surface area contributed by atoms with Crippen molar-refractivity contribution in [2.45, 2.75) is 50.7 Å². The third-order valence-corrected chi connectivity index (χ3v) is 4.59. The van der Waals surface area contributed by atoms with Crippen LogP contribution in [0.3, 0.4) is 0 Å². The fourth-order valence-electron chi connectivity index (χ4n) is 3.45. The van der Waals surface area contributed by atoms with Crippen molar-refractivity contribution in [3.05, 3.63) is 0 Å². The second-order valence-electron chi connectivity index (χ2n) is 5.82. The lowest BCUT2D eigenvalue weighted by Gasteiger charge is -2.31. The lowest BCUT2D eigenvalue weighted by molar-refractivity contribution is 0.0649. The van der Waals surface area contributed by atoms with Crippen LogP contribution in [0.25, 0.3) is 0 Å². The van der Waals surface area contributed by atoms with Crippen molar-refractivity contribution in [1.29, 1.82) is 0 Å². The fraction of sp³-hybridized carbons (Fsp3) is 1.00. The lowest BCUT2D eigenvalue weighted by Crippen LogP contribution is -2.42. The van der Waals surface area contributed by atoms with Gasteiger partial charge in [0, 0.05) is 31.3 Å². The minimum atomic E-state index is 0.364. The van der Waals surface area contributed by atoms with Crippen LogP contribution < -0.4 is 0 Å². The molecular formula is C13H26N2O. The summed E-state index contributed by atoms with van der Waals surface area (Å²) in [4.78, 5) is 5.19. The second-order valence-corrected chi connectivity index (χ2v) is 5.82. The molecule has 3 nitrogen and oxygen atoms in total. The topological polar surface area (TPSA) is 15.7 Å². The molecular weight excluding hydrogens is 200 g/mol. The number of methoxy groups -OCH3 is 1. The Morgan fingerprint density at radius 2 is 2.25 bits per heavy atom. The predicted octanol–water partition coefficient (Wildman–Crippen LogP) is 1.58. The molecule has 16 heavy (non-hydrogen) atoms. The van der Waals surface area contributed by atoms with Crippen molar-refractivity contribution < 1.29 is 4.74 Å². The van der Waals surface area contributed by atoms with Gasteiger partial charge in [-0.15, -0.1) is 0 Å². The van der Waals surface area contributed by atoms with Crippen molar-refractivity contribution in [3.63, 3.8) is 0 Å². The molecule has 0 radical (unpaired) electrons. The van der Waals surface area contributed by atoms with Crippen LogP contribution in [0.5, 0.6) is 0 Å². The number of hydrogen-bond donors (Lipinski definition) is 0. The van der Waals surface area contributed by atoms with E-state index in [1.54, 1.807) is 0 Å². The average Bonchev–Trinajstić information content (AvgIpc) is 2.73. The molecule has 0 bridgehead atoms. The molecule has 0 amide bonds. The Hall–Kier alpha value is -0.120. The second kappa shape index (κ2) is 4.63. The van der Waals surface area contributed by atoms with Gasteiger partial charge in [-0.3, -0.25) is 9.80 Å². The maximum atomic E-state index is 5.46. The Morgan fingerprint density at radius 3 is 2.88 bits per heavy atom. The summed E-state index contributed by atoms with van der Waals surface area (Å²) in [6.45, 7) is 7.98. The molecule has 2 aliphatic rings. The minimum absolute atomic E-state index is 0.364. The first kappa shape index (κ1) is 12.3. The van der Waals surface area contributed by atoms with Gasteiger partial charge in [0.1, 0.15) is 0 Å². The van der Waals surface area contributed by atoms with Crippen molar-refractivity contribution in [3.8, 4) is 0 Å². The zero-order chi connectivity index (χ0) is 11.8. The van der Waals surface area contributed by atoms with Crippen molar-refractivity contribution in [2.24, 2.45) is 0 Å². The van der Waals surface area contributed by atoms with Crippen molar-refractivity contribution in [2.75, 3.05) is 33.9 Å². The van der Waals surface area contributed by atoms with Gasteiger partial charge in [-0.1, -0.05) is 0 Å². The van der Waals surface area contributed by atoms with Gasteiger partial charge >= 0.3 is 0 Å². The molecule has 2 saturated heterocycles. The first-order valence-corrected chi connectivity index (χ1v) is 6.55. The Morgan fingerprint density at radius 1 is 1.50 bits per heavy atom. The van der Waals surface area contributed by atoms with Crippen LogP contribution in [0.2, 0.25) is 0 Å². The van der Waals surface area contributed by atoms with E-state index in [0.717, 1.165) is 12.6 Å². The van der Waals surface area contributed by atoms with E-state index in [1.807, 2.05) is 7.11 Å². The molecule has 0 aliphatic carbocycles. The summed E-state index contributed by atoms with van der Waals surface area (Å²) in [5.74, 6) is 0. The van der Waals surface area contributed by atoms with Crippen LogP contribution in [0.4, 0.5) is 0 Å². The number of ether oxygens (including phenoxy) is 1. The zero-order valence-corrected chi connectivity index (χ0v) is 11.2. The fourth-order valence-corrected chi connectivity index (χ4v) is 3.45. The van der Waals surface area contributed by atoms with E-state index in [2.05, 4.69) is 30.7 Å². The van der Waals surface area contributed by atoms with E-state index in [9.17, 15) is 0 Å². The van der Waals surface area contributed by atoms with Gasteiger partial charge in [-0.25, -0.2) is 0 Å². The third kappa shape index (κ3) is 2.01. The van der Waals surface area contributed by atoms with Crippen LogP contribution in [-0.2, 0) is 4.74 Å². The highest BCUT2D eigenvalue weighted by molar-refractivity contribution is 5.05. The van der Waals surface area contributed by atoms with Crippen LogP contribution in [0.15, 0.2) is 0 Å². The van der Waals surface area contributed by atoms with Crippen LogP contribution in [0.1, 0.15) is 33.1 Å². The highest BCUT2D eigenvalue weighted by Crippen LogP contribution is 2.40. The van der Waals surface area contributed by atoms with Gasteiger partial charge in [0.05, 0.1) is 6.61 Å². The Balaban J connectivity index is 2.04. The smallest absolute Gasteiger partial charge is 0.0647 e. The standard InChI is InChI=1S/C13H26N2O/c1-11(2)14(3)12-8-13(10-16-4)6-5-7-15(13)9-12/h11-12H,5-10H2,1-4H3. The quantitative estimate of drug-likeness (QED) is 0.724. The van der Waals surface area contributed by atoms with Gasteiger partial charge in [0.15, 0.2) is 0 Å². The summed E-state index contributed by atoms with van der Waals surface area (Å²) in [7, 11) is 4.10. The van der Waals surface area contributed by atoms with E-state index in [-0.39, 0.29) is 0 Å². The summed E-state index contributed by atoms with van der Waals surface area (Å²) >= 11 is 0. The van der Waals surface area contributed by atoms with Gasteiger partial charge in [-0.05, 0) is 46.7 Å². The first-order chi connectivity index (χ1) is 7.59. The number of hydrogen-bond acceptors (Lipinski definition) is 3. The maximum Gasteiger partial charge on any atom is 0.0647 e. The molecule has 2 unspecified atom stereocenters. The molecule has 2 fully saturated rings. The number of nitrogens with zero attached hydrogens (tertiary/aromatic N) is 2. The zero-order valence-electron chi connectivity index (χ0n) is 11.2. The van der Waals surface area contributed by atoms with Crippen LogP contribution in [0, 0.1) is 0 Å². The van der Waals surface area contributed by atoms with E-state index >= 15 is 0 Å². The van der Waals surface area contributed by atoms with Gasteiger partial charge < -0.3 is 4.74 Å². The minimum Gasteiger partial charge on any atom is -0.383 e. The monoisotopic (exact) mass is 226 g/mol. The van der Waals surface area contributed by atoms with E-state index in [1.165, 1.54) is 32.4 Å². The first-order valence-electron chi connectivity index (χ1n) is 6.55. The van der Waals surface area contributed by atoms with E-state index in [4.69, 9.17) is 4.74 Å². The van der Waals surface area contributed by atoms with Crippen LogP contribution in [-0.4, -0.2) is 61.3 Å². The van der Waals surface area contributed by atoms with Gasteiger partial charge in [-0.2, -0.15) is 0 Å². The molecule has 94 valence electrons. The Labute approximate surface area is 99.7 Å². The molecule has 0 aromatic heterocycles. The van der Waals surface area contributed by atoms with Gasteiger partial charge in [0.2, 0.25) is 0 Å². The average molecular weight is 226 g/mol. The number of likely N-dealkylation sites (N-methyl/N-ethyl adjacent to an activating group) is 1. The molecule has 2 rings (SSSR count). The van der Waals surface area contributed by atoms with Crippen LogP contribution >= 0.6 is 0 Å². The molecule has 2 aliphatic heterocycles. The molecule has 3 heteroatoms. The molecule has 0 aromatic rings. The number of fused-ring (bicyclic) bond motifs is 1. The Kier molecular flexibility index (Phi) is 3.57. The van der Waals surface area contributed by atoms with Gasteiger partial charge in [0.25, 0.3) is 0 Å². The predicted molar refractivity (Wildman–Crippen MR) is 66.7 cm³/mol. The summed E-state index contributed by atoms with van der Waals surface area (Å²) in [6.07, 6.45) is 3.96. The molecule has 2 heterocycles. The molecule has 0 saturated carbocycles. The third-order valence-electron chi connectivity index (χ3n) is 4.59. The number of rotatable bonds is 4. The summed E-state index contributed by atoms with van der Waals surface area (Å²) in [5, 5.41) is 0. The van der Waals surface area contributed by atoms with E-state index < -0.39 is 0 Å². The highest BCUT2D eigenvalue weighted by atomic mass is 16.5. The summed E-state index contributed by atoms with van der Waals surface area (Å²) in [6, 6.07) is 1.36. The summed E-state index contributed by atoms with van der Waals surface area (Å²) < 4.78 is 5.46. The highest BCUT2D eigenvalue weighted by Gasteiger charge is 2.49. The largest absolute Gasteiger partial charge is 0.383 e.